The van der Waals surface area contributed by atoms with E-state index in [2.05, 4.69) is 5.10 Å². The van der Waals surface area contributed by atoms with Crippen LogP contribution in [0.25, 0.3) is 0 Å². The third kappa shape index (κ3) is 1.80. The van der Waals surface area contributed by atoms with Gasteiger partial charge in [-0.1, -0.05) is 0 Å². The van der Waals surface area contributed by atoms with E-state index in [9.17, 15) is 4.79 Å². The van der Waals surface area contributed by atoms with Gasteiger partial charge in [0.25, 0.3) is 0 Å². The van der Waals surface area contributed by atoms with E-state index in [1.165, 1.54) is 0 Å². The molecule has 0 aliphatic carbocycles. The largest absolute Gasteiger partial charge is 0.379 e. The molecule has 1 aliphatic heterocycles. The SMILES string of the molecule is Cc1nn(C)cc1C(=O)C1COCC1N. The lowest BCUT2D eigenvalue weighted by atomic mass is 9.94. The highest BCUT2D eigenvalue weighted by Gasteiger charge is 2.33. The lowest BCUT2D eigenvalue weighted by molar-refractivity contribution is 0.0895. The van der Waals surface area contributed by atoms with Crippen LogP contribution in [-0.2, 0) is 11.8 Å². The number of hydrogen-bond acceptors (Lipinski definition) is 4. The molecule has 0 saturated carbocycles. The number of ether oxygens (including phenoxy) is 1. The summed E-state index contributed by atoms with van der Waals surface area (Å²) in [5.41, 5.74) is 7.21. The zero-order valence-corrected chi connectivity index (χ0v) is 8.93. The number of hydrogen-bond donors (Lipinski definition) is 1. The van der Waals surface area contributed by atoms with Crippen LogP contribution in [0, 0.1) is 12.8 Å². The van der Waals surface area contributed by atoms with E-state index >= 15 is 0 Å². The van der Waals surface area contributed by atoms with E-state index < -0.39 is 0 Å². The maximum absolute atomic E-state index is 12.1. The summed E-state index contributed by atoms with van der Waals surface area (Å²) in [6, 6.07) is -0.183. The predicted molar refractivity (Wildman–Crippen MR) is 54.6 cm³/mol. The van der Waals surface area contributed by atoms with Crippen LogP contribution in [0.3, 0.4) is 0 Å². The molecular formula is C10H15N3O2. The molecule has 5 nitrogen and oxygen atoms in total. The van der Waals surface area contributed by atoms with Crippen molar-refractivity contribution in [2.45, 2.75) is 13.0 Å². The highest BCUT2D eigenvalue weighted by molar-refractivity contribution is 5.99. The number of Topliss-reactive ketones (excluding diaryl/α,β-unsaturated/α-hetero) is 1. The Morgan fingerprint density at radius 3 is 2.87 bits per heavy atom. The summed E-state index contributed by atoms with van der Waals surface area (Å²) < 4.78 is 6.83. The molecule has 2 heterocycles. The van der Waals surface area contributed by atoms with Crippen molar-refractivity contribution in [3.8, 4) is 0 Å². The van der Waals surface area contributed by atoms with E-state index in [-0.39, 0.29) is 17.7 Å². The number of carbonyl (C=O) groups is 1. The number of nitrogens with two attached hydrogens (primary N) is 1. The number of aromatic nitrogens is 2. The second kappa shape index (κ2) is 3.75. The van der Waals surface area contributed by atoms with E-state index in [0.29, 0.717) is 18.8 Å². The molecule has 0 amide bonds. The van der Waals surface area contributed by atoms with Gasteiger partial charge in [0.2, 0.25) is 0 Å². The molecule has 2 N–H and O–H groups in total. The molecule has 1 fully saturated rings. The monoisotopic (exact) mass is 209 g/mol. The van der Waals surface area contributed by atoms with Crippen LogP contribution < -0.4 is 5.73 Å². The molecule has 1 saturated heterocycles. The van der Waals surface area contributed by atoms with Crippen molar-refractivity contribution in [2.24, 2.45) is 18.7 Å². The number of ketones is 1. The molecule has 0 bridgehead atoms. The van der Waals surface area contributed by atoms with Crippen LogP contribution in [0.2, 0.25) is 0 Å². The van der Waals surface area contributed by atoms with Gasteiger partial charge in [-0.05, 0) is 6.92 Å². The first-order valence-corrected chi connectivity index (χ1v) is 4.97. The molecule has 82 valence electrons. The number of aryl methyl sites for hydroxylation is 2. The Hall–Kier alpha value is -1.20. The topological polar surface area (TPSA) is 70.1 Å². The summed E-state index contributed by atoms with van der Waals surface area (Å²) in [7, 11) is 1.80. The van der Waals surface area contributed by atoms with Crippen molar-refractivity contribution in [3.05, 3.63) is 17.5 Å². The maximum Gasteiger partial charge on any atom is 0.173 e. The number of rotatable bonds is 2. The smallest absolute Gasteiger partial charge is 0.173 e. The van der Waals surface area contributed by atoms with Gasteiger partial charge in [0.05, 0.1) is 30.4 Å². The quantitative estimate of drug-likeness (QED) is 0.690. The molecule has 1 aliphatic rings. The first-order chi connectivity index (χ1) is 7.09. The summed E-state index contributed by atoms with van der Waals surface area (Å²) in [6.07, 6.45) is 1.74. The summed E-state index contributed by atoms with van der Waals surface area (Å²) in [5.74, 6) is -0.168. The van der Waals surface area contributed by atoms with Gasteiger partial charge in [0, 0.05) is 19.3 Å². The zero-order valence-electron chi connectivity index (χ0n) is 8.93. The average Bonchev–Trinajstić information content (AvgIpc) is 2.71. The van der Waals surface area contributed by atoms with Crippen molar-refractivity contribution in [3.63, 3.8) is 0 Å². The van der Waals surface area contributed by atoms with Gasteiger partial charge in [-0.15, -0.1) is 0 Å². The number of nitrogens with zero attached hydrogens (tertiary/aromatic N) is 2. The molecule has 0 spiro atoms. The first-order valence-electron chi connectivity index (χ1n) is 4.97. The summed E-state index contributed by atoms with van der Waals surface area (Å²) in [6.45, 7) is 2.72. The molecule has 2 unspecified atom stereocenters. The molecule has 2 rings (SSSR count). The Balaban J connectivity index is 2.24. The van der Waals surface area contributed by atoms with E-state index in [1.54, 1.807) is 17.9 Å². The molecule has 1 aromatic rings. The van der Waals surface area contributed by atoms with Gasteiger partial charge in [0.1, 0.15) is 0 Å². The molecule has 0 radical (unpaired) electrons. The lowest BCUT2D eigenvalue weighted by Gasteiger charge is -2.10. The van der Waals surface area contributed by atoms with Gasteiger partial charge in [-0.25, -0.2) is 0 Å². The summed E-state index contributed by atoms with van der Waals surface area (Å²) in [4.78, 5) is 12.1. The summed E-state index contributed by atoms with van der Waals surface area (Å²) >= 11 is 0. The molecule has 5 heteroatoms. The second-order valence-corrected chi connectivity index (χ2v) is 3.97. The molecule has 1 aromatic heterocycles. The highest BCUT2D eigenvalue weighted by Crippen LogP contribution is 2.19. The van der Waals surface area contributed by atoms with Crippen LogP contribution >= 0.6 is 0 Å². The fourth-order valence-corrected chi connectivity index (χ4v) is 1.88. The first kappa shape index (κ1) is 10.3. The fraction of sp³-hybridized carbons (Fsp3) is 0.600. The molecule has 0 aromatic carbocycles. The van der Waals surface area contributed by atoms with Crippen LogP contribution in [0.1, 0.15) is 16.1 Å². The van der Waals surface area contributed by atoms with Crippen LogP contribution in [0.4, 0.5) is 0 Å². The van der Waals surface area contributed by atoms with Crippen molar-refractivity contribution in [1.29, 1.82) is 0 Å². The van der Waals surface area contributed by atoms with Gasteiger partial charge >= 0.3 is 0 Å². The lowest BCUT2D eigenvalue weighted by Crippen LogP contribution is -2.34. The standard InChI is InChI=1S/C10H15N3O2/c1-6-7(3-13(2)12-6)10(14)8-4-15-5-9(8)11/h3,8-9H,4-5,11H2,1-2H3. The Kier molecular flexibility index (Phi) is 2.58. The Bertz CT molecular complexity index is 386. The van der Waals surface area contributed by atoms with Crippen molar-refractivity contribution < 1.29 is 9.53 Å². The second-order valence-electron chi connectivity index (χ2n) is 3.97. The Morgan fingerprint density at radius 1 is 1.67 bits per heavy atom. The third-order valence-corrected chi connectivity index (χ3v) is 2.74. The fourth-order valence-electron chi connectivity index (χ4n) is 1.88. The van der Waals surface area contributed by atoms with E-state index in [4.69, 9.17) is 10.5 Å². The molecule has 15 heavy (non-hydrogen) atoms. The zero-order chi connectivity index (χ0) is 11.0. The minimum Gasteiger partial charge on any atom is -0.379 e. The average molecular weight is 209 g/mol. The Labute approximate surface area is 88.2 Å². The highest BCUT2D eigenvalue weighted by atomic mass is 16.5. The Morgan fingerprint density at radius 2 is 2.40 bits per heavy atom. The van der Waals surface area contributed by atoms with Crippen molar-refractivity contribution in [1.82, 2.24) is 9.78 Å². The van der Waals surface area contributed by atoms with Gasteiger partial charge < -0.3 is 10.5 Å². The van der Waals surface area contributed by atoms with Crippen LogP contribution in [-0.4, -0.2) is 34.8 Å². The van der Waals surface area contributed by atoms with Crippen LogP contribution in [0.5, 0.6) is 0 Å². The van der Waals surface area contributed by atoms with Crippen LogP contribution in [0.15, 0.2) is 6.20 Å². The molecule has 2 atom stereocenters. The predicted octanol–water partition coefficient (Wildman–Crippen LogP) is -0.115. The minimum atomic E-state index is -0.215. The normalized spacial score (nSPS) is 25.8. The van der Waals surface area contributed by atoms with Gasteiger partial charge in [0.15, 0.2) is 5.78 Å². The maximum atomic E-state index is 12.1. The van der Waals surface area contributed by atoms with E-state index in [0.717, 1.165) is 5.69 Å². The van der Waals surface area contributed by atoms with Crippen molar-refractivity contribution >= 4 is 5.78 Å². The third-order valence-electron chi connectivity index (χ3n) is 2.74. The molecular weight excluding hydrogens is 194 g/mol. The van der Waals surface area contributed by atoms with E-state index in [1.807, 2.05) is 6.92 Å². The van der Waals surface area contributed by atoms with Gasteiger partial charge in [-0.3, -0.25) is 9.48 Å². The van der Waals surface area contributed by atoms with Gasteiger partial charge in [-0.2, -0.15) is 5.10 Å². The summed E-state index contributed by atoms with van der Waals surface area (Å²) in [5, 5.41) is 4.14. The van der Waals surface area contributed by atoms with Crippen molar-refractivity contribution in [2.75, 3.05) is 13.2 Å². The number of carbonyl (C=O) groups excluding carboxylic acids is 1. The minimum absolute atomic E-state index is 0.0469.